The highest BCUT2D eigenvalue weighted by Crippen LogP contribution is 2.37. The Kier molecular flexibility index (Phi) is 5.03. The fourth-order valence-electron chi connectivity index (χ4n) is 1.76. The smallest absolute Gasteiger partial charge is 0.259 e. The number of nitrogens with zero attached hydrogens (tertiary/aromatic N) is 2. The number of amides is 1. The first-order chi connectivity index (χ1) is 10.1. The summed E-state index contributed by atoms with van der Waals surface area (Å²) in [4.78, 5) is 11.6. The van der Waals surface area contributed by atoms with Gasteiger partial charge in [0, 0.05) is 5.56 Å². The number of hydrazone groups is 1. The van der Waals surface area contributed by atoms with Crippen LogP contribution in [-0.4, -0.2) is 48.5 Å². The first-order valence-corrected chi connectivity index (χ1v) is 7.33. The predicted octanol–water partition coefficient (Wildman–Crippen LogP) is 1.91. The Morgan fingerprint density at radius 3 is 2.29 bits per heavy atom. The van der Waals surface area contributed by atoms with Gasteiger partial charge in [-0.1, -0.05) is 24.0 Å². The molecule has 0 unspecified atom stereocenters. The molecule has 1 saturated heterocycles. The van der Waals surface area contributed by atoms with Crippen LogP contribution in [0.25, 0.3) is 0 Å². The quantitative estimate of drug-likeness (QED) is 0.608. The molecule has 0 aliphatic carbocycles. The molecular formula is C13H14N2O4S2. The normalized spacial score (nSPS) is 14.9. The van der Waals surface area contributed by atoms with Crippen molar-refractivity contribution in [3.63, 3.8) is 0 Å². The minimum atomic E-state index is -0.131. The molecule has 0 aromatic heterocycles. The molecule has 8 heteroatoms. The second-order valence-electron chi connectivity index (χ2n) is 3.96. The largest absolute Gasteiger partial charge is 0.493 e. The van der Waals surface area contributed by atoms with Gasteiger partial charge in [-0.05, 0) is 12.1 Å². The molecule has 0 N–H and O–H groups in total. The molecule has 1 aliphatic heterocycles. The molecule has 1 aromatic carbocycles. The first kappa shape index (κ1) is 15.6. The number of ether oxygens (including phenoxy) is 3. The second kappa shape index (κ2) is 6.77. The molecule has 6 nitrogen and oxygen atoms in total. The number of hydrogen-bond donors (Lipinski definition) is 0. The maximum Gasteiger partial charge on any atom is 0.259 e. The lowest BCUT2D eigenvalue weighted by atomic mass is 10.2. The van der Waals surface area contributed by atoms with Crippen molar-refractivity contribution in [1.29, 1.82) is 0 Å². The van der Waals surface area contributed by atoms with Crippen molar-refractivity contribution in [3.8, 4) is 17.2 Å². The van der Waals surface area contributed by atoms with Gasteiger partial charge in [0.1, 0.15) is 0 Å². The summed E-state index contributed by atoms with van der Waals surface area (Å²) < 4.78 is 16.2. The van der Waals surface area contributed by atoms with Crippen molar-refractivity contribution in [1.82, 2.24) is 5.01 Å². The van der Waals surface area contributed by atoms with Crippen molar-refractivity contribution >= 4 is 40.4 Å². The molecule has 1 aliphatic rings. The standard InChI is InChI=1S/C13H14N2O4S2/c1-17-9-4-8(5-10(18-2)12(9)19-3)6-14-15-11(16)7-21-13(15)20/h4-6H,7H2,1-3H3. The Hall–Kier alpha value is -1.80. The van der Waals surface area contributed by atoms with E-state index in [0.29, 0.717) is 32.9 Å². The predicted molar refractivity (Wildman–Crippen MR) is 85.6 cm³/mol. The molecule has 1 fully saturated rings. The van der Waals surface area contributed by atoms with Crippen molar-refractivity contribution in [2.45, 2.75) is 0 Å². The number of carbonyl (C=O) groups excluding carboxylic acids is 1. The molecular weight excluding hydrogens is 312 g/mol. The Labute approximate surface area is 132 Å². The van der Waals surface area contributed by atoms with E-state index in [9.17, 15) is 4.79 Å². The Balaban J connectivity index is 2.32. The average Bonchev–Trinajstić information content (AvgIpc) is 2.82. The molecule has 0 spiro atoms. The van der Waals surface area contributed by atoms with Gasteiger partial charge in [0.15, 0.2) is 15.8 Å². The third kappa shape index (κ3) is 3.27. The summed E-state index contributed by atoms with van der Waals surface area (Å²) in [6.45, 7) is 0. The molecule has 0 radical (unpaired) electrons. The zero-order chi connectivity index (χ0) is 15.4. The number of carbonyl (C=O) groups is 1. The summed E-state index contributed by atoms with van der Waals surface area (Å²) in [5.41, 5.74) is 0.706. The summed E-state index contributed by atoms with van der Waals surface area (Å²) in [6.07, 6.45) is 1.53. The molecule has 0 bridgehead atoms. The van der Waals surface area contributed by atoms with Crippen LogP contribution in [0.3, 0.4) is 0 Å². The number of benzene rings is 1. The fraction of sp³-hybridized carbons (Fsp3) is 0.308. The summed E-state index contributed by atoms with van der Waals surface area (Å²) >= 11 is 6.35. The van der Waals surface area contributed by atoms with Gasteiger partial charge >= 0.3 is 0 Å². The third-order valence-electron chi connectivity index (χ3n) is 2.74. The molecule has 1 aromatic rings. The molecule has 0 atom stereocenters. The maximum absolute atomic E-state index is 11.6. The lowest BCUT2D eigenvalue weighted by Gasteiger charge is -2.13. The third-order valence-corrected chi connectivity index (χ3v) is 4.08. The van der Waals surface area contributed by atoms with Crippen LogP contribution in [0.4, 0.5) is 0 Å². The topological polar surface area (TPSA) is 60.4 Å². The second-order valence-corrected chi connectivity index (χ2v) is 5.57. The van der Waals surface area contributed by atoms with Gasteiger partial charge in [0.25, 0.3) is 5.91 Å². The van der Waals surface area contributed by atoms with Gasteiger partial charge in [-0.2, -0.15) is 10.1 Å². The molecule has 1 amide bonds. The van der Waals surface area contributed by atoms with E-state index in [1.165, 1.54) is 44.3 Å². The van der Waals surface area contributed by atoms with Crippen LogP contribution >= 0.6 is 24.0 Å². The highest BCUT2D eigenvalue weighted by molar-refractivity contribution is 8.23. The Morgan fingerprint density at radius 2 is 1.86 bits per heavy atom. The highest BCUT2D eigenvalue weighted by atomic mass is 32.2. The van der Waals surface area contributed by atoms with E-state index in [1.54, 1.807) is 12.1 Å². The summed E-state index contributed by atoms with van der Waals surface area (Å²) in [5, 5.41) is 5.32. The van der Waals surface area contributed by atoms with E-state index in [0.717, 1.165) is 0 Å². The summed E-state index contributed by atoms with van der Waals surface area (Å²) in [5.74, 6) is 1.73. The van der Waals surface area contributed by atoms with Gasteiger partial charge in [-0.25, -0.2) is 0 Å². The van der Waals surface area contributed by atoms with E-state index in [1.807, 2.05) is 0 Å². The van der Waals surface area contributed by atoms with Crippen LogP contribution in [0.1, 0.15) is 5.56 Å². The van der Waals surface area contributed by atoms with Crippen molar-refractivity contribution < 1.29 is 19.0 Å². The number of thioether (sulfide) groups is 1. The first-order valence-electron chi connectivity index (χ1n) is 5.94. The Bertz CT molecular complexity index is 563. The van der Waals surface area contributed by atoms with E-state index in [4.69, 9.17) is 26.4 Å². The molecule has 2 rings (SSSR count). The zero-order valence-electron chi connectivity index (χ0n) is 11.8. The van der Waals surface area contributed by atoms with Crippen molar-refractivity contribution in [2.24, 2.45) is 5.10 Å². The van der Waals surface area contributed by atoms with Crippen molar-refractivity contribution in [2.75, 3.05) is 27.1 Å². The molecule has 1 heterocycles. The van der Waals surface area contributed by atoms with Gasteiger partial charge in [0.2, 0.25) is 5.75 Å². The van der Waals surface area contributed by atoms with Crippen LogP contribution in [-0.2, 0) is 4.79 Å². The number of hydrogen-bond acceptors (Lipinski definition) is 7. The molecule has 21 heavy (non-hydrogen) atoms. The number of rotatable bonds is 5. The monoisotopic (exact) mass is 326 g/mol. The minimum absolute atomic E-state index is 0.131. The van der Waals surface area contributed by atoms with Crippen LogP contribution in [0.15, 0.2) is 17.2 Å². The van der Waals surface area contributed by atoms with E-state index >= 15 is 0 Å². The lowest BCUT2D eigenvalue weighted by molar-refractivity contribution is -0.123. The zero-order valence-corrected chi connectivity index (χ0v) is 13.4. The molecule has 0 saturated carbocycles. The summed E-state index contributed by atoms with van der Waals surface area (Å²) in [7, 11) is 4.61. The fourth-order valence-corrected chi connectivity index (χ4v) is 2.73. The van der Waals surface area contributed by atoms with Crippen molar-refractivity contribution in [3.05, 3.63) is 17.7 Å². The average molecular weight is 326 g/mol. The van der Waals surface area contributed by atoms with Crippen LogP contribution in [0, 0.1) is 0 Å². The number of thiocarbonyl (C=S) groups is 1. The SMILES string of the molecule is COc1cc(C=NN2C(=O)CSC2=S)cc(OC)c1OC. The van der Waals surface area contributed by atoms with Crippen LogP contribution < -0.4 is 14.2 Å². The Morgan fingerprint density at radius 1 is 1.24 bits per heavy atom. The molecule has 112 valence electrons. The maximum atomic E-state index is 11.6. The highest BCUT2D eigenvalue weighted by Gasteiger charge is 2.26. The van der Waals surface area contributed by atoms with Crippen LogP contribution in [0.5, 0.6) is 17.2 Å². The summed E-state index contributed by atoms with van der Waals surface area (Å²) in [6, 6.07) is 3.48. The van der Waals surface area contributed by atoms with E-state index in [2.05, 4.69) is 5.10 Å². The van der Waals surface area contributed by atoms with E-state index in [-0.39, 0.29) is 5.91 Å². The van der Waals surface area contributed by atoms with E-state index < -0.39 is 0 Å². The van der Waals surface area contributed by atoms with Gasteiger partial charge < -0.3 is 14.2 Å². The van der Waals surface area contributed by atoms with Gasteiger partial charge in [0.05, 0.1) is 33.3 Å². The lowest BCUT2D eigenvalue weighted by Crippen LogP contribution is -2.22. The number of methoxy groups -OCH3 is 3. The van der Waals surface area contributed by atoms with Gasteiger partial charge in [-0.15, -0.1) is 0 Å². The van der Waals surface area contributed by atoms with Gasteiger partial charge in [-0.3, -0.25) is 4.79 Å². The van der Waals surface area contributed by atoms with Crippen LogP contribution in [0.2, 0.25) is 0 Å². The minimum Gasteiger partial charge on any atom is -0.493 e.